The molecule has 4 N–H and O–H groups in total. The average molecular weight is 128 g/mol. The number of hydrogen-bond donors (Lipinski definition) is 2. The van der Waals surface area contributed by atoms with Crippen LogP contribution in [0.25, 0.3) is 0 Å². The molecule has 0 aliphatic heterocycles. The molecule has 0 aliphatic carbocycles. The van der Waals surface area contributed by atoms with Crippen LogP contribution in [0.3, 0.4) is 0 Å². The quantitative estimate of drug-likeness (QED) is 0.477. The van der Waals surface area contributed by atoms with E-state index in [2.05, 4.69) is 11.0 Å². The van der Waals surface area contributed by atoms with Gasteiger partial charge in [0, 0.05) is 0 Å². The molecule has 0 amide bonds. The third kappa shape index (κ3) is 2.61. The fraction of sp³-hybridized carbons (Fsp3) is 0. The molecule has 4 nitrogen and oxygen atoms in total. The van der Waals surface area contributed by atoms with Crippen molar-refractivity contribution in [3.8, 4) is 0 Å². The van der Waals surface area contributed by atoms with Crippen molar-refractivity contribution in [3.63, 3.8) is 0 Å². The molecule has 0 heterocycles. The highest BCUT2D eigenvalue weighted by Crippen LogP contribution is 2.36. The second-order valence-electron chi connectivity index (χ2n) is 0.729. The molecule has 0 saturated carbocycles. The zero-order chi connectivity index (χ0) is 5.15. The average Bonchev–Trinajstić information content (AvgIpc) is 1.36. The molecule has 6 heavy (non-hydrogen) atoms. The first-order chi connectivity index (χ1) is 2.64. The first-order valence-electron chi connectivity index (χ1n) is 1.24. The van der Waals surface area contributed by atoms with Gasteiger partial charge in [0.2, 0.25) is 15.3 Å². The Kier molecular flexibility index (Phi) is 2.70. The minimum Gasteiger partial charge on any atom is -0.301 e. The van der Waals surface area contributed by atoms with Crippen LogP contribution in [0.4, 0.5) is 0 Å². The Labute approximate surface area is 36.5 Å². The van der Waals surface area contributed by atoms with Crippen LogP contribution in [0.5, 0.6) is 0 Å². The summed E-state index contributed by atoms with van der Waals surface area (Å²) >= 11 is 0. The molecule has 2 unspecified atom stereocenters. The van der Waals surface area contributed by atoms with Gasteiger partial charge >= 0.3 is 0 Å². The van der Waals surface area contributed by atoms with Gasteiger partial charge in [-0.25, -0.2) is 0 Å². The Bertz CT molecular complexity index is 75.5. The highest BCUT2D eigenvalue weighted by Gasteiger charge is 1.89. The van der Waals surface area contributed by atoms with Gasteiger partial charge in [-0.2, -0.15) is 0 Å². The van der Waals surface area contributed by atoms with Gasteiger partial charge in [-0.15, -0.1) is 0 Å². The summed E-state index contributed by atoms with van der Waals surface area (Å²) in [5, 5.41) is 0. The van der Waals surface area contributed by atoms with Gasteiger partial charge in [0.15, 0.2) is 0 Å². The highest BCUT2D eigenvalue weighted by molar-refractivity contribution is 8.16. The van der Waals surface area contributed by atoms with E-state index >= 15 is 0 Å². The highest BCUT2D eigenvalue weighted by atomic mass is 32.1. The lowest BCUT2D eigenvalue weighted by atomic mass is 13.9. The van der Waals surface area contributed by atoms with Gasteiger partial charge in [-0.1, -0.05) is 0 Å². The van der Waals surface area contributed by atoms with Crippen LogP contribution in [0, 0.1) is 0 Å². The Balaban J connectivity index is 3.57. The Morgan fingerprint density at radius 2 is 1.17 bits per heavy atom. The lowest BCUT2D eigenvalue weighted by Gasteiger charge is -1.79. The molecule has 0 saturated heterocycles. The molecule has 0 spiro atoms. The minimum atomic E-state index is -2.38. The van der Waals surface area contributed by atoms with E-state index in [4.69, 9.17) is 0 Å². The second-order valence-corrected chi connectivity index (χ2v) is 5.14. The van der Waals surface area contributed by atoms with E-state index in [1.807, 2.05) is 0 Å². The van der Waals surface area contributed by atoms with Crippen LogP contribution in [0.15, 0.2) is 0 Å². The molecule has 38 valence electrons. The van der Waals surface area contributed by atoms with Crippen LogP contribution in [0.2, 0.25) is 0 Å². The van der Waals surface area contributed by atoms with E-state index < -0.39 is 15.3 Å². The predicted octanol–water partition coefficient (Wildman–Crippen LogP) is -0.232. The van der Waals surface area contributed by atoms with E-state index in [1.165, 1.54) is 0 Å². The van der Waals surface area contributed by atoms with E-state index in [0.717, 1.165) is 0 Å². The van der Waals surface area contributed by atoms with Gasteiger partial charge in [-0.3, -0.25) is 11.0 Å². The molecule has 0 aromatic heterocycles. The molecule has 0 aromatic rings. The molecule has 0 aliphatic rings. The molecule has 0 radical (unpaired) electrons. The zero-order valence-electron chi connectivity index (χ0n) is 2.97. The van der Waals surface area contributed by atoms with Crippen molar-refractivity contribution in [2.45, 2.75) is 0 Å². The van der Waals surface area contributed by atoms with E-state index in [9.17, 15) is 9.13 Å². The molecule has 0 aromatic carbocycles. The Hall–Kier alpha value is 0.380. The van der Waals surface area contributed by atoms with Crippen LogP contribution < -0.4 is 11.0 Å². The predicted molar refractivity (Wildman–Crippen MR) is 26.4 cm³/mol. The third-order valence-electron chi connectivity index (χ3n) is 0.243. The van der Waals surface area contributed by atoms with Crippen molar-refractivity contribution < 1.29 is 9.13 Å². The maximum absolute atomic E-state index is 9.71. The zero-order valence-corrected chi connectivity index (χ0v) is 4.97. The van der Waals surface area contributed by atoms with Crippen molar-refractivity contribution in [1.82, 2.24) is 0 Å². The normalized spacial score (nSPS) is 19.7. The number of nitrogens with two attached hydrogens (primary N) is 2. The van der Waals surface area contributed by atoms with Crippen molar-refractivity contribution in [1.29, 1.82) is 0 Å². The fourth-order valence-electron chi connectivity index (χ4n) is 0. The largest absolute Gasteiger partial charge is 0.301 e. The molecular weight excluding hydrogens is 122 g/mol. The SMILES string of the molecule is N[PH](=O)[PH](N)=O. The topological polar surface area (TPSA) is 86.2 Å². The summed E-state index contributed by atoms with van der Waals surface area (Å²) in [5.74, 6) is 0. The summed E-state index contributed by atoms with van der Waals surface area (Å²) in [6, 6.07) is 0. The summed E-state index contributed by atoms with van der Waals surface area (Å²) in [4.78, 5) is 0. The van der Waals surface area contributed by atoms with Gasteiger partial charge in [0.25, 0.3) is 0 Å². The molecule has 6 heteroatoms. The fourth-order valence-corrected chi connectivity index (χ4v) is 0. The first kappa shape index (κ1) is 6.38. The van der Waals surface area contributed by atoms with Gasteiger partial charge in [0.1, 0.15) is 0 Å². The summed E-state index contributed by atoms with van der Waals surface area (Å²) < 4.78 is 19.4. The standard InChI is InChI=1S/H6N2O2P2/c1-5(3)6(2)4/h5-6H,(H2,1,3)(H2,2,4). The van der Waals surface area contributed by atoms with Crippen LogP contribution in [0.1, 0.15) is 0 Å². The maximum atomic E-state index is 9.71. The third-order valence-corrected chi connectivity index (χ3v) is 2.19. The van der Waals surface area contributed by atoms with Crippen molar-refractivity contribution in [2.24, 2.45) is 11.0 Å². The van der Waals surface area contributed by atoms with Crippen LogP contribution >= 0.6 is 15.3 Å². The maximum Gasteiger partial charge on any atom is 0.200 e. The summed E-state index contributed by atoms with van der Waals surface area (Å²) in [5.41, 5.74) is 9.18. The molecular formula is H6N2O2P2. The number of rotatable bonds is 1. The van der Waals surface area contributed by atoms with E-state index in [1.54, 1.807) is 0 Å². The Morgan fingerprint density at radius 3 is 1.17 bits per heavy atom. The summed E-state index contributed by atoms with van der Waals surface area (Å²) in [6.07, 6.45) is 0. The van der Waals surface area contributed by atoms with Crippen LogP contribution in [-0.2, 0) is 9.13 Å². The molecule has 0 fully saturated rings. The second kappa shape index (κ2) is 2.54. The number of hydrogen-bond acceptors (Lipinski definition) is 2. The lowest BCUT2D eigenvalue weighted by molar-refractivity contribution is 0.580. The summed E-state index contributed by atoms with van der Waals surface area (Å²) in [7, 11) is -4.76. The summed E-state index contributed by atoms with van der Waals surface area (Å²) in [6.45, 7) is 0. The van der Waals surface area contributed by atoms with Gasteiger partial charge in [-0.05, 0) is 0 Å². The van der Waals surface area contributed by atoms with E-state index in [-0.39, 0.29) is 0 Å². The smallest absolute Gasteiger partial charge is 0.200 e. The van der Waals surface area contributed by atoms with Gasteiger partial charge < -0.3 is 9.13 Å². The lowest BCUT2D eigenvalue weighted by Crippen LogP contribution is -1.77. The van der Waals surface area contributed by atoms with Crippen molar-refractivity contribution in [3.05, 3.63) is 0 Å². The van der Waals surface area contributed by atoms with E-state index in [0.29, 0.717) is 0 Å². The molecule has 0 rings (SSSR count). The van der Waals surface area contributed by atoms with Gasteiger partial charge in [0.05, 0.1) is 0 Å². The van der Waals surface area contributed by atoms with Crippen molar-refractivity contribution in [2.75, 3.05) is 0 Å². The monoisotopic (exact) mass is 128 g/mol. The minimum absolute atomic E-state index is 2.38. The Morgan fingerprint density at radius 1 is 1.00 bits per heavy atom. The molecule has 2 atom stereocenters. The van der Waals surface area contributed by atoms with Crippen molar-refractivity contribution >= 4 is 15.3 Å². The molecule has 0 bridgehead atoms. The first-order valence-corrected chi connectivity index (χ1v) is 5.21. The van der Waals surface area contributed by atoms with Crippen LogP contribution in [-0.4, -0.2) is 0 Å².